The normalized spacial score (nSPS) is 19.6. The quantitative estimate of drug-likeness (QED) is 0.378. The van der Waals surface area contributed by atoms with Crippen molar-refractivity contribution >= 4 is 22.5 Å². The summed E-state index contributed by atoms with van der Waals surface area (Å²) in [7, 11) is 0. The fourth-order valence-corrected chi connectivity index (χ4v) is 5.05. The zero-order chi connectivity index (χ0) is 25.7. The van der Waals surface area contributed by atoms with Gasteiger partial charge in [0, 0.05) is 30.0 Å². The Kier molecular flexibility index (Phi) is 5.77. The minimum Gasteiger partial charge on any atom is -0.362 e. The van der Waals surface area contributed by atoms with E-state index in [2.05, 4.69) is 15.3 Å². The molecule has 1 aromatic heterocycles. The molecule has 4 aromatic rings. The highest BCUT2D eigenvalue weighted by Gasteiger charge is 2.50. The molecule has 0 aliphatic carbocycles. The molecule has 1 saturated heterocycles. The van der Waals surface area contributed by atoms with Crippen molar-refractivity contribution in [1.29, 1.82) is 0 Å². The lowest BCUT2D eigenvalue weighted by molar-refractivity contribution is -0.144. The van der Waals surface area contributed by atoms with Gasteiger partial charge in [0.1, 0.15) is 5.82 Å². The number of nitrogens with one attached hydrogen (secondary N) is 1. The van der Waals surface area contributed by atoms with Gasteiger partial charge in [-0.25, -0.2) is 9.07 Å². The second-order valence-electron chi connectivity index (χ2n) is 10.1. The predicted octanol–water partition coefficient (Wildman–Crippen LogP) is 5.89. The van der Waals surface area contributed by atoms with Crippen LogP contribution in [0.25, 0.3) is 16.6 Å². The van der Waals surface area contributed by atoms with Crippen LogP contribution in [0.5, 0.6) is 0 Å². The first-order valence-electron chi connectivity index (χ1n) is 11.8. The van der Waals surface area contributed by atoms with Crippen LogP contribution in [0.15, 0.2) is 79.0 Å². The lowest BCUT2D eigenvalue weighted by Gasteiger charge is -2.33. The molecule has 0 spiro atoms. The summed E-state index contributed by atoms with van der Waals surface area (Å²) < 4.78 is 42.8. The summed E-state index contributed by atoms with van der Waals surface area (Å²) in [5.74, 6) is -5.07. The minimum absolute atomic E-state index is 0.316. The van der Waals surface area contributed by atoms with E-state index in [1.165, 1.54) is 12.1 Å². The SMILES string of the molecule is CC(F)(F)C(=O)NC1C(c2ccccc2)N(c2ccc3c(cnn3-c3ccc(F)cc3)c2)CC1(C)C. The average Bonchev–Trinajstić information content (AvgIpc) is 3.37. The molecule has 3 aromatic carbocycles. The second-order valence-corrected chi connectivity index (χ2v) is 10.1. The second kappa shape index (κ2) is 8.69. The number of rotatable bonds is 5. The van der Waals surface area contributed by atoms with Crippen LogP contribution in [0.3, 0.4) is 0 Å². The number of carbonyl (C=O) groups is 1. The van der Waals surface area contributed by atoms with Crippen molar-refractivity contribution < 1.29 is 18.0 Å². The maximum atomic E-state index is 13.9. The molecule has 2 unspecified atom stereocenters. The molecule has 8 heteroatoms. The summed E-state index contributed by atoms with van der Waals surface area (Å²) in [6, 6.07) is 20.8. The maximum Gasteiger partial charge on any atom is 0.321 e. The van der Waals surface area contributed by atoms with Crippen LogP contribution in [-0.4, -0.2) is 34.2 Å². The van der Waals surface area contributed by atoms with Gasteiger partial charge in [-0.1, -0.05) is 44.2 Å². The van der Waals surface area contributed by atoms with Crippen LogP contribution in [0.1, 0.15) is 32.4 Å². The summed E-state index contributed by atoms with van der Waals surface area (Å²) in [6.45, 7) is 5.12. The molecular weight excluding hydrogens is 465 g/mol. The summed E-state index contributed by atoms with van der Waals surface area (Å²) in [4.78, 5) is 14.5. The summed E-state index contributed by atoms with van der Waals surface area (Å²) >= 11 is 0. The monoisotopic (exact) mass is 492 g/mol. The van der Waals surface area contributed by atoms with E-state index in [0.29, 0.717) is 13.5 Å². The summed E-state index contributed by atoms with van der Waals surface area (Å²) in [6.07, 6.45) is 1.75. The number of nitrogens with zero attached hydrogens (tertiary/aromatic N) is 3. The summed E-state index contributed by atoms with van der Waals surface area (Å²) in [5, 5.41) is 8.02. The van der Waals surface area contributed by atoms with E-state index >= 15 is 0 Å². The Balaban J connectivity index is 1.55. The van der Waals surface area contributed by atoms with Crippen LogP contribution in [0, 0.1) is 11.2 Å². The maximum absolute atomic E-state index is 13.9. The third-order valence-corrected chi connectivity index (χ3v) is 6.85. The fraction of sp³-hybridized carbons (Fsp3) is 0.286. The zero-order valence-corrected chi connectivity index (χ0v) is 20.3. The molecule has 2 heterocycles. The molecule has 1 amide bonds. The minimum atomic E-state index is -3.47. The standard InChI is InChI=1S/C28H27F3N4O/c1-27(2)17-34(24(18-7-5-4-6-8-18)25(27)33-26(36)28(3,30)31)22-13-14-23-19(15-22)16-32-35(23)21-11-9-20(29)10-12-21/h4-16,24-25H,17H2,1-3H3,(H,33,36). The number of fused-ring (bicyclic) bond motifs is 1. The smallest absolute Gasteiger partial charge is 0.321 e. The molecule has 1 aliphatic heterocycles. The zero-order valence-electron chi connectivity index (χ0n) is 20.3. The number of hydrogen-bond donors (Lipinski definition) is 1. The Bertz CT molecular complexity index is 1390. The predicted molar refractivity (Wildman–Crippen MR) is 134 cm³/mol. The van der Waals surface area contributed by atoms with Gasteiger partial charge in [0.15, 0.2) is 0 Å². The van der Waals surface area contributed by atoms with Gasteiger partial charge in [0.05, 0.1) is 29.5 Å². The van der Waals surface area contributed by atoms with Crippen molar-refractivity contribution in [2.75, 3.05) is 11.4 Å². The van der Waals surface area contributed by atoms with E-state index < -0.39 is 23.3 Å². The topological polar surface area (TPSA) is 50.2 Å². The number of aromatic nitrogens is 2. The van der Waals surface area contributed by atoms with Crippen LogP contribution >= 0.6 is 0 Å². The Morgan fingerprint density at radius 1 is 1.03 bits per heavy atom. The summed E-state index contributed by atoms with van der Waals surface area (Å²) in [5.41, 5.74) is 2.93. The van der Waals surface area contributed by atoms with Gasteiger partial charge in [0.25, 0.3) is 5.91 Å². The van der Waals surface area contributed by atoms with Gasteiger partial charge >= 0.3 is 5.92 Å². The van der Waals surface area contributed by atoms with Gasteiger partial charge < -0.3 is 10.2 Å². The molecule has 1 fully saturated rings. The number of alkyl halides is 2. The Morgan fingerprint density at radius 2 is 1.69 bits per heavy atom. The highest BCUT2D eigenvalue weighted by Crippen LogP contribution is 2.46. The molecule has 2 atom stereocenters. The molecule has 5 nitrogen and oxygen atoms in total. The van der Waals surface area contributed by atoms with E-state index in [9.17, 15) is 18.0 Å². The van der Waals surface area contributed by atoms with E-state index in [1.807, 2.05) is 62.4 Å². The number of anilines is 1. The molecule has 186 valence electrons. The van der Waals surface area contributed by atoms with Crippen LogP contribution < -0.4 is 10.2 Å². The molecule has 0 bridgehead atoms. The van der Waals surface area contributed by atoms with E-state index in [4.69, 9.17) is 0 Å². The first kappa shape index (κ1) is 23.9. The highest BCUT2D eigenvalue weighted by atomic mass is 19.3. The van der Waals surface area contributed by atoms with Crippen LogP contribution in [0.4, 0.5) is 18.9 Å². The Hall–Kier alpha value is -3.81. The lowest BCUT2D eigenvalue weighted by Crippen LogP contribution is -2.50. The highest BCUT2D eigenvalue weighted by molar-refractivity contribution is 5.85. The average molecular weight is 493 g/mol. The van der Waals surface area contributed by atoms with Gasteiger partial charge in [-0.15, -0.1) is 0 Å². The van der Waals surface area contributed by atoms with E-state index in [1.54, 1.807) is 23.0 Å². The molecule has 0 saturated carbocycles. The number of halogens is 3. The molecule has 1 N–H and O–H groups in total. The number of benzene rings is 3. The van der Waals surface area contributed by atoms with Crippen LogP contribution in [0.2, 0.25) is 0 Å². The Labute approximate surface area is 207 Å². The first-order valence-corrected chi connectivity index (χ1v) is 11.8. The molecule has 5 rings (SSSR count). The lowest BCUT2D eigenvalue weighted by atomic mass is 9.82. The van der Waals surface area contributed by atoms with Gasteiger partial charge in [0.2, 0.25) is 0 Å². The van der Waals surface area contributed by atoms with Crippen molar-refractivity contribution in [3.8, 4) is 5.69 Å². The van der Waals surface area contributed by atoms with Gasteiger partial charge in [-0.05, 0) is 48.0 Å². The molecule has 36 heavy (non-hydrogen) atoms. The van der Waals surface area contributed by atoms with Crippen molar-refractivity contribution in [1.82, 2.24) is 15.1 Å². The van der Waals surface area contributed by atoms with Crippen molar-refractivity contribution in [2.45, 2.75) is 38.8 Å². The van der Waals surface area contributed by atoms with Crippen molar-refractivity contribution in [3.63, 3.8) is 0 Å². The van der Waals surface area contributed by atoms with E-state index in [-0.39, 0.29) is 11.9 Å². The first-order chi connectivity index (χ1) is 17.0. The fourth-order valence-electron chi connectivity index (χ4n) is 5.05. The van der Waals surface area contributed by atoms with Gasteiger partial charge in [-0.2, -0.15) is 13.9 Å². The van der Waals surface area contributed by atoms with Crippen LogP contribution in [-0.2, 0) is 4.79 Å². The number of amides is 1. The largest absolute Gasteiger partial charge is 0.362 e. The third kappa shape index (κ3) is 4.32. The molecule has 1 aliphatic rings. The molecular formula is C28H27F3N4O. The van der Waals surface area contributed by atoms with Crippen molar-refractivity contribution in [3.05, 3.63) is 90.4 Å². The number of carbonyl (C=O) groups excluding carboxylic acids is 1. The Morgan fingerprint density at radius 3 is 2.36 bits per heavy atom. The van der Waals surface area contributed by atoms with Gasteiger partial charge in [-0.3, -0.25) is 4.79 Å². The van der Waals surface area contributed by atoms with Crippen molar-refractivity contribution in [2.24, 2.45) is 5.41 Å². The molecule has 0 radical (unpaired) electrons. The third-order valence-electron chi connectivity index (χ3n) is 6.85. The van der Waals surface area contributed by atoms with E-state index in [0.717, 1.165) is 27.8 Å². The number of hydrogen-bond acceptors (Lipinski definition) is 3.